The highest BCUT2D eigenvalue weighted by Gasteiger charge is 2.34. The largest absolute Gasteiger partial charge is 0.486 e. The molecule has 0 radical (unpaired) electrons. The minimum absolute atomic E-state index is 0.0330. The number of fused-ring (bicyclic) bond motifs is 1. The Morgan fingerprint density at radius 2 is 2.05 bits per heavy atom. The number of aliphatic carboxylic acids is 1. The number of carboxylic acid groups (broad SMARTS) is 1. The Morgan fingerprint density at radius 1 is 1.36 bits per heavy atom. The summed E-state index contributed by atoms with van der Waals surface area (Å²) in [5.74, 6) is 0.747. The molecule has 2 atom stereocenters. The summed E-state index contributed by atoms with van der Waals surface area (Å²) in [7, 11) is 0. The standard InChI is InChI=1S/C16H20BrNO4/c1-8(2)13-10(12-5-9(7-18-12)16(19)20)6-11(17)14-15(13)22-4-3-21-14/h6,8-9,12,18H,3-5,7H2,1-2H3,(H,19,20). The SMILES string of the molecule is CC(C)c1c(C2CC(C(=O)O)CN2)cc(Br)c2c1OCCO2. The molecule has 0 aromatic heterocycles. The molecule has 6 heteroatoms. The van der Waals surface area contributed by atoms with E-state index in [0.717, 1.165) is 27.1 Å². The first-order chi connectivity index (χ1) is 10.5. The van der Waals surface area contributed by atoms with Gasteiger partial charge in [-0.2, -0.15) is 0 Å². The van der Waals surface area contributed by atoms with Crippen molar-refractivity contribution in [3.8, 4) is 11.5 Å². The summed E-state index contributed by atoms with van der Waals surface area (Å²) < 4.78 is 12.5. The predicted molar refractivity (Wildman–Crippen MR) is 85.7 cm³/mol. The molecule has 1 fully saturated rings. The molecule has 1 aromatic carbocycles. The molecule has 2 N–H and O–H groups in total. The lowest BCUT2D eigenvalue weighted by Gasteiger charge is -2.28. The van der Waals surface area contributed by atoms with Gasteiger partial charge in [0.15, 0.2) is 11.5 Å². The van der Waals surface area contributed by atoms with Crippen LogP contribution in [0.25, 0.3) is 0 Å². The summed E-state index contributed by atoms with van der Waals surface area (Å²) in [5, 5.41) is 12.5. The van der Waals surface area contributed by atoms with Crippen LogP contribution in [-0.4, -0.2) is 30.8 Å². The van der Waals surface area contributed by atoms with E-state index in [1.54, 1.807) is 0 Å². The fourth-order valence-corrected chi connectivity index (χ4v) is 3.79. The average Bonchev–Trinajstić information content (AvgIpc) is 2.96. The molecule has 0 saturated carbocycles. The van der Waals surface area contributed by atoms with Gasteiger partial charge in [0, 0.05) is 18.2 Å². The second-order valence-corrected chi connectivity index (χ2v) is 6.96. The van der Waals surface area contributed by atoms with Crippen LogP contribution in [0.15, 0.2) is 10.5 Å². The smallest absolute Gasteiger partial charge is 0.307 e. The van der Waals surface area contributed by atoms with E-state index in [9.17, 15) is 9.90 Å². The number of ether oxygens (including phenoxy) is 2. The highest BCUT2D eigenvalue weighted by Crippen LogP contribution is 2.47. The Hall–Kier alpha value is -1.27. The molecule has 0 amide bonds. The summed E-state index contributed by atoms with van der Waals surface area (Å²) in [6.07, 6.45) is 0.598. The first-order valence-electron chi connectivity index (χ1n) is 7.57. The van der Waals surface area contributed by atoms with Crippen molar-refractivity contribution in [3.05, 3.63) is 21.7 Å². The van der Waals surface area contributed by atoms with Crippen LogP contribution in [-0.2, 0) is 4.79 Å². The van der Waals surface area contributed by atoms with Crippen molar-refractivity contribution in [1.29, 1.82) is 0 Å². The summed E-state index contributed by atoms with van der Waals surface area (Å²) in [4.78, 5) is 11.2. The van der Waals surface area contributed by atoms with E-state index in [4.69, 9.17) is 9.47 Å². The number of carbonyl (C=O) groups is 1. The fourth-order valence-electron chi connectivity index (χ4n) is 3.25. The first kappa shape index (κ1) is 15.6. The topological polar surface area (TPSA) is 67.8 Å². The maximum atomic E-state index is 11.2. The molecule has 1 saturated heterocycles. The molecule has 22 heavy (non-hydrogen) atoms. The van der Waals surface area contributed by atoms with Crippen LogP contribution >= 0.6 is 15.9 Å². The van der Waals surface area contributed by atoms with Crippen LogP contribution in [0.4, 0.5) is 0 Å². The Labute approximate surface area is 138 Å². The number of halogens is 1. The number of benzene rings is 1. The number of rotatable bonds is 3. The van der Waals surface area contributed by atoms with Crippen LogP contribution < -0.4 is 14.8 Å². The van der Waals surface area contributed by atoms with Crippen molar-refractivity contribution < 1.29 is 19.4 Å². The van der Waals surface area contributed by atoms with Gasteiger partial charge in [-0.1, -0.05) is 13.8 Å². The van der Waals surface area contributed by atoms with Crippen LogP contribution in [0.5, 0.6) is 11.5 Å². The van der Waals surface area contributed by atoms with Crippen molar-refractivity contribution in [2.45, 2.75) is 32.2 Å². The van der Waals surface area contributed by atoms with Gasteiger partial charge in [0.05, 0.1) is 10.4 Å². The van der Waals surface area contributed by atoms with Gasteiger partial charge in [-0.15, -0.1) is 0 Å². The van der Waals surface area contributed by atoms with E-state index in [2.05, 4.69) is 35.1 Å². The van der Waals surface area contributed by atoms with Gasteiger partial charge < -0.3 is 19.9 Å². The van der Waals surface area contributed by atoms with Gasteiger partial charge in [-0.05, 0) is 39.9 Å². The molecular formula is C16H20BrNO4. The quantitative estimate of drug-likeness (QED) is 0.856. The third-order valence-corrected chi connectivity index (χ3v) is 4.86. The fraction of sp³-hybridized carbons (Fsp3) is 0.562. The van der Waals surface area contributed by atoms with E-state index in [1.165, 1.54) is 0 Å². The monoisotopic (exact) mass is 369 g/mol. The number of hydrogen-bond donors (Lipinski definition) is 2. The number of carboxylic acids is 1. The lowest BCUT2D eigenvalue weighted by atomic mass is 9.89. The van der Waals surface area contributed by atoms with Gasteiger partial charge in [-0.3, -0.25) is 4.79 Å². The molecule has 3 rings (SSSR count). The van der Waals surface area contributed by atoms with E-state index in [-0.39, 0.29) is 17.9 Å². The second-order valence-electron chi connectivity index (χ2n) is 6.10. The highest BCUT2D eigenvalue weighted by atomic mass is 79.9. The Balaban J connectivity index is 2.04. The lowest BCUT2D eigenvalue weighted by Crippen LogP contribution is -2.21. The Bertz CT molecular complexity index is 602. The van der Waals surface area contributed by atoms with Crippen molar-refractivity contribution in [2.24, 2.45) is 5.92 Å². The third-order valence-electron chi connectivity index (χ3n) is 4.27. The maximum absolute atomic E-state index is 11.2. The van der Waals surface area contributed by atoms with Crippen LogP contribution in [0.2, 0.25) is 0 Å². The average molecular weight is 370 g/mol. The molecule has 2 unspecified atom stereocenters. The van der Waals surface area contributed by atoms with Gasteiger partial charge in [0.25, 0.3) is 0 Å². The molecular weight excluding hydrogens is 350 g/mol. The van der Waals surface area contributed by atoms with Crippen LogP contribution in [0.3, 0.4) is 0 Å². The normalized spacial score (nSPS) is 23.8. The third kappa shape index (κ3) is 2.70. The minimum atomic E-state index is -0.738. The summed E-state index contributed by atoms with van der Waals surface area (Å²) in [5.41, 5.74) is 2.22. The summed E-state index contributed by atoms with van der Waals surface area (Å²) >= 11 is 3.56. The number of nitrogens with one attached hydrogen (secondary N) is 1. The molecule has 0 aliphatic carbocycles. The van der Waals surface area contributed by atoms with Crippen LogP contribution in [0.1, 0.15) is 43.4 Å². The van der Waals surface area contributed by atoms with E-state index in [1.807, 2.05) is 6.07 Å². The van der Waals surface area contributed by atoms with Crippen molar-refractivity contribution >= 4 is 21.9 Å². The zero-order valence-electron chi connectivity index (χ0n) is 12.7. The molecule has 2 heterocycles. The first-order valence-corrected chi connectivity index (χ1v) is 8.36. The van der Waals surface area contributed by atoms with E-state index < -0.39 is 5.97 Å². The van der Waals surface area contributed by atoms with Crippen molar-refractivity contribution in [1.82, 2.24) is 5.32 Å². The maximum Gasteiger partial charge on any atom is 0.307 e. The molecule has 0 bridgehead atoms. The zero-order chi connectivity index (χ0) is 15.9. The van der Waals surface area contributed by atoms with Crippen molar-refractivity contribution in [3.63, 3.8) is 0 Å². The second kappa shape index (κ2) is 6.08. The Kier molecular flexibility index (Phi) is 4.32. The predicted octanol–water partition coefficient (Wildman–Crippen LogP) is 3.08. The van der Waals surface area contributed by atoms with Crippen LogP contribution in [0, 0.1) is 5.92 Å². The molecule has 5 nitrogen and oxygen atoms in total. The molecule has 2 aliphatic rings. The Morgan fingerprint density at radius 3 is 2.64 bits per heavy atom. The highest BCUT2D eigenvalue weighted by molar-refractivity contribution is 9.10. The van der Waals surface area contributed by atoms with Gasteiger partial charge in [0.1, 0.15) is 13.2 Å². The van der Waals surface area contributed by atoms with Gasteiger partial charge in [-0.25, -0.2) is 0 Å². The lowest BCUT2D eigenvalue weighted by molar-refractivity contribution is -0.141. The van der Waals surface area contributed by atoms with E-state index >= 15 is 0 Å². The molecule has 2 aliphatic heterocycles. The molecule has 0 spiro atoms. The number of hydrogen-bond acceptors (Lipinski definition) is 4. The van der Waals surface area contributed by atoms with E-state index in [0.29, 0.717) is 26.2 Å². The molecule has 1 aromatic rings. The zero-order valence-corrected chi connectivity index (χ0v) is 14.3. The van der Waals surface area contributed by atoms with Gasteiger partial charge >= 0.3 is 5.97 Å². The van der Waals surface area contributed by atoms with Gasteiger partial charge in [0.2, 0.25) is 0 Å². The van der Waals surface area contributed by atoms with Crippen molar-refractivity contribution in [2.75, 3.05) is 19.8 Å². The molecule has 120 valence electrons. The minimum Gasteiger partial charge on any atom is -0.486 e. The summed E-state index contributed by atoms with van der Waals surface area (Å²) in [6, 6.07) is 2.08. The summed E-state index contributed by atoms with van der Waals surface area (Å²) in [6.45, 7) is 5.83.